The van der Waals surface area contributed by atoms with Crippen LogP contribution in [0.25, 0.3) is 11.1 Å². The molecule has 3 heteroatoms. The molecule has 0 aliphatic heterocycles. The van der Waals surface area contributed by atoms with Crippen molar-refractivity contribution in [3.63, 3.8) is 0 Å². The lowest BCUT2D eigenvalue weighted by molar-refractivity contribution is 0.401. The molecule has 0 atom stereocenters. The standard InChI is InChI=1S/C14H12ClNO/c1-17-14(16)12-4-2-10(3-5-12)11-6-8-13(15)9-7-11/h2-9,16H,1H3. The zero-order chi connectivity index (χ0) is 12.3. The number of benzene rings is 2. The van der Waals surface area contributed by atoms with Gasteiger partial charge in [0.2, 0.25) is 5.90 Å². The van der Waals surface area contributed by atoms with E-state index >= 15 is 0 Å². The van der Waals surface area contributed by atoms with Gasteiger partial charge in [0.15, 0.2) is 0 Å². The Morgan fingerprint density at radius 2 is 1.41 bits per heavy atom. The van der Waals surface area contributed by atoms with Crippen LogP contribution in [-0.2, 0) is 4.74 Å². The van der Waals surface area contributed by atoms with Crippen LogP contribution in [0.4, 0.5) is 0 Å². The SMILES string of the molecule is COC(=N)c1ccc(-c2ccc(Cl)cc2)cc1. The van der Waals surface area contributed by atoms with E-state index in [-0.39, 0.29) is 5.90 Å². The average molecular weight is 246 g/mol. The molecule has 0 saturated carbocycles. The van der Waals surface area contributed by atoms with Crippen LogP contribution in [0, 0.1) is 5.41 Å². The van der Waals surface area contributed by atoms with Crippen molar-refractivity contribution < 1.29 is 4.74 Å². The molecule has 0 aliphatic carbocycles. The first-order chi connectivity index (χ1) is 8.20. The Bertz CT molecular complexity index is 517. The molecule has 86 valence electrons. The van der Waals surface area contributed by atoms with E-state index in [2.05, 4.69) is 0 Å². The van der Waals surface area contributed by atoms with Gasteiger partial charge >= 0.3 is 0 Å². The Morgan fingerprint density at radius 1 is 0.941 bits per heavy atom. The van der Waals surface area contributed by atoms with E-state index < -0.39 is 0 Å². The summed E-state index contributed by atoms with van der Waals surface area (Å²) >= 11 is 5.84. The summed E-state index contributed by atoms with van der Waals surface area (Å²) in [7, 11) is 1.50. The molecule has 0 aromatic heterocycles. The van der Waals surface area contributed by atoms with Crippen LogP contribution in [0.3, 0.4) is 0 Å². The van der Waals surface area contributed by atoms with Crippen LogP contribution < -0.4 is 0 Å². The summed E-state index contributed by atoms with van der Waals surface area (Å²) in [5, 5.41) is 8.27. The molecule has 2 aromatic rings. The minimum Gasteiger partial charge on any atom is -0.481 e. The Morgan fingerprint density at radius 3 is 1.88 bits per heavy atom. The van der Waals surface area contributed by atoms with Crippen LogP contribution in [0.1, 0.15) is 5.56 Å². The molecule has 1 N–H and O–H groups in total. The Kier molecular flexibility index (Phi) is 3.45. The number of hydrogen-bond acceptors (Lipinski definition) is 2. The molecule has 0 saturated heterocycles. The second-order valence-corrected chi connectivity index (χ2v) is 4.05. The van der Waals surface area contributed by atoms with E-state index in [1.807, 2.05) is 48.5 Å². The molecule has 17 heavy (non-hydrogen) atoms. The molecule has 0 unspecified atom stereocenters. The average Bonchev–Trinajstić information content (AvgIpc) is 2.39. The molecule has 0 fully saturated rings. The summed E-state index contributed by atoms with van der Waals surface area (Å²) in [6, 6.07) is 15.3. The van der Waals surface area contributed by atoms with E-state index in [1.165, 1.54) is 7.11 Å². The smallest absolute Gasteiger partial charge is 0.212 e. The summed E-state index contributed by atoms with van der Waals surface area (Å²) in [4.78, 5) is 0. The van der Waals surface area contributed by atoms with E-state index in [9.17, 15) is 0 Å². The molecule has 2 rings (SSSR count). The second-order valence-electron chi connectivity index (χ2n) is 3.62. The summed E-state index contributed by atoms with van der Waals surface area (Å²) in [6.45, 7) is 0. The summed E-state index contributed by atoms with van der Waals surface area (Å²) < 4.78 is 4.86. The van der Waals surface area contributed by atoms with Gasteiger partial charge in [0, 0.05) is 10.6 Å². The van der Waals surface area contributed by atoms with Crippen molar-refractivity contribution in [2.45, 2.75) is 0 Å². The quantitative estimate of drug-likeness (QED) is 0.630. The molecular weight excluding hydrogens is 234 g/mol. The van der Waals surface area contributed by atoms with Crippen LogP contribution in [-0.4, -0.2) is 13.0 Å². The van der Waals surface area contributed by atoms with Crippen LogP contribution in [0.2, 0.25) is 5.02 Å². The molecule has 0 heterocycles. The summed E-state index contributed by atoms with van der Waals surface area (Å²) in [5.74, 6) is 0.174. The van der Waals surface area contributed by atoms with Crippen LogP contribution in [0.15, 0.2) is 48.5 Å². The van der Waals surface area contributed by atoms with Gasteiger partial charge in [-0.1, -0.05) is 35.9 Å². The summed E-state index contributed by atoms with van der Waals surface area (Å²) in [6.07, 6.45) is 0. The van der Waals surface area contributed by atoms with Gasteiger partial charge in [0.25, 0.3) is 0 Å². The van der Waals surface area contributed by atoms with E-state index in [0.29, 0.717) is 0 Å². The lowest BCUT2D eigenvalue weighted by Crippen LogP contribution is -2.00. The van der Waals surface area contributed by atoms with Crippen molar-refractivity contribution in [3.05, 3.63) is 59.1 Å². The third kappa shape index (κ3) is 2.66. The fourth-order valence-electron chi connectivity index (χ4n) is 1.57. The Labute approximate surface area is 105 Å². The minimum atomic E-state index is 0.174. The van der Waals surface area contributed by atoms with Crippen molar-refractivity contribution >= 4 is 17.5 Å². The molecule has 0 aliphatic rings. The molecule has 0 spiro atoms. The first-order valence-corrected chi connectivity index (χ1v) is 5.57. The molecule has 2 aromatic carbocycles. The topological polar surface area (TPSA) is 33.1 Å². The van der Waals surface area contributed by atoms with Gasteiger partial charge in [-0.25, -0.2) is 0 Å². The number of hydrogen-bond donors (Lipinski definition) is 1. The molecule has 0 amide bonds. The maximum Gasteiger partial charge on any atom is 0.212 e. The highest BCUT2D eigenvalue weighted by molar-refractivity contribution is 6.30. The van der Waals surface area contributed by atoms with Crippen molar-refractivity contribution in [3.8, 4) is 11.1 Å². The van der Waals surface area contributed by atoms with Gasteiger partial charge in [-0.2, -0.15) is 0 Å². The van der Waals surface area contributed by atoms with Crippen molar-refractivity contribution in [2.75, 3.05) is 7.11 Å². The highest BCUT2D eigenvalue weighted by Crippen LogP contribution is 2.21. The zero-order valence-electron chi connectivity index (χ0n) is 9.41. The van der Waals surface area contributed by atoms with Gasteiger partial charge in [-0.05, 0) is 35.4 Å². The van der Waals surface area contributed by atoms with E-state index in [4.69, 9.17) is 21.7 Å². The van der Waals surface area contributed by atoms with E-state index in [1.54, 1.807) is 0 Å². The molecular formula is C14H12ClNO. The lowest BCUT2D eigenvalue weighted by atomic mass is 10.0. The highest BCUT2D eigenvalue weighted by Gasteiger charge is 2.02. The van der Waals surface area contributed by atoms with Gasteiger partial charge in [-0.3, -0.25) is 5.41 Å². The minimum absolute atomic E-state index is 0.174. The fraction of sp³-hybridized carbons (Fsp3) is 0.0714. The Hall–Kier alpha value is -1.80. The predicted octanol–water partition coefficient (Wildman–Crippen LogP) is 3.98. The van der Waals surface area contributed by atoms with E-state index in [0.717, 1.165) is 21.7 Å². The normalized spacial score (nSPS) is 10.0. The number of ether oxygens (including phenoxy) is 1. The number of nitrogens with one attached hydrogen (secondary N) is 1. The van der Waals surface area contributed by atoms with Gasteiger partial charge < -0.3 is 4.74 Å². The molecule has 2 nitrogen and oxygen atoms in total. The second kappa shape index (κ2) is 5.02. The van der Waals surface area contributed by atoms with Crippen LogP contribution in [0.5, 0.6) is 0 Å². The fourth-order valence-corrected chi connectivity index (χ4v) is 1.70. The molecule has 0 radical (unpaired) electrons. The third-order valence-corrected chi connectivity index (χ3v) is 2.78. The number of rotatable bonds is 2. The van der Waals surface area contributed by atoms with Crippen LogP contribution >= 0.6 is 11.6 Å². The Balaban J connectivity index is 2.29. The zero-order valence-corrected chi connectivity index (χ0v) is 10.2. The summed E-state index contributed by atoms with van der Waals surface area (Å²) in [5.41, 5.74) is 2.96. The maximum absolute atomic E-state index is 7.54. The van der Waals surface area contributed by atoms with Crippen molar-refractivity contribution in [1.29, 1.82) is 5.41 Å². The lowest BCUT2D eigenvalue weighted by Gasteiger charge is -2.05. The first kappa shape index (κ1) is 11.7. The first-order valence-electron chi connectivity index (χ1n) is 5.19. The van der Waals surface area contributed by atoms with Gasteiger partial charge in [0.05, 0.1) is 7.11 Å². The third-order valence-electron chi connectivity index (χ3n) is 2.53. The van der Waals surface area contributed by atoms with Crippen molar-refractivity contribution in [1.82, 2.24) is 0 Å². The van der Waals surface area contributed by atoms with Gasteiger partial charge in [0.1, 0.15) is 0 Å². The van der Waals surface area contributed by atoms with Crippen molar-refractivity contribution in [2.24, 2.45) is 0 Å². The van der Waals surface area contributed by atoms with Gasteiger partial charge in [-0.15, -0.1) is 0 Å². The maximum atomic E-state index is 7.54. The highest BCUT2D eigenvalue weighted by atomic mass is 35.5. The predicted molar refractivity (Wildman–Crippen MR) is 70.7 cm³/mol. The largest absolute Gasteiger partial charge is 0.481 e. The molecule has 0 bridgehead atoms. The number of methoxy groups -OCH3 is 1. The number of halogens is 1. The monoisotopic (exact) mass is 245 g/mol.